The van der Waals surface area contributed by atoms with Crippen LogP contribution in [-0.2, 0) is 14.3 Å². The van der Waals surface area contributed by atoms with Crippen molar-refractivity contribution in [3.63, 3.8) is 0 Å². The minimum absolute atomic E-state index is 0.000630. The van der Waals surface area contributed by atoms with Crippen LogP contribution < -0.4 is 10.6 Å². The monoisotopic (exact) mass is 525 g/mol. The summed E-state index contributed by atoms with van der Waals surface area (Å²) in [6.45, 7) is 8.89. The van der Waals surface area contributed by atoms with Crippen molar-refractivity contribution in [1.82, 2.24) is 10.2 Å². The SMILES string of the molecule is C#CN(C(=O)C(CCSC)NC(=O)OC(C)(C)C)C(C(=O)Nc1c(C)cccc1C)c1ccc(O)cc1. The van der Waals surface area contributed by atoms with Gasteiger partial charge in [0.25, 0.3) is 11.8 Å². The molecule has 0 saturated heterocycles. The number of hydrogen-bond donors (Lipinski definition) is 3. The van der Waals surface area contributed by atoms with Crippen molar-refractivity contribution < 1.29 is 24.2 Å². The molecule has 0 aliphatic heterocycles. The third kappa shape index (κ3) is 8.46. The number of thioether (sulfide) groups is 1. The van der Waals surface area contributed by atoms with E-state index in [1.165, 1.54) is 36.0 Å². The molecular weight excluding hydrogens is 490 g/mol. The number of carbonyl (C=O) groups is 3. The first-order valence-corrected chi connectivity index (χ1v) is 13.2. The Balaban J connectivity index is 2.47. The summed E-state index contributed by atoms with van der Waals surface area (Å²) in [6.07, 6.45) is 7.21. The molecule has 0 aliphatic carbocycles. The molecule has 3 amide bonds. The molecule has 0 fully saturated rings. The lowest BCUT2D eigenvalue weighted by Crippen LogP contribution is -2.51. The minimum Gasteiger partial charge on any atom is -0.508 e. The zero-order valence-corrected chi connectivity index (χ0v) is 22.9. The van der Waals surface area contributed by atoms with E-state index in [1.807, 2.05) is 38.3 Å². The Morgan fingerprint density at radius 3 is 2.22 bits per heavy atom. The molecule has 0 aliphatic rings. The number of terminal acetylenes is 1. The van der Waals surface area contributed by atoms with Gasteiger partial charge in [-0.1, -0.05) is 36.8 Å². The van der Waals surface area contributed by atoms with Gasteiger partial charge in [0.1, 0.15) is 23.4 Å². The number of ether oxygens (including phenoxy) is 1. The second-order valence-electron chi connectivity index (χ2n) is 9.57. The zero-order valence-electron chi connectivity index (χ0n) is 22.1. The fourth-order valence-electron chi connectivity index (χ4n) is 3.65. The van der Waals surface area contributed by atoms with Crippen LogP contribution in [0.25, 0.3) is 0 Å². The van der Waals surface area contributed by atoms with Crippen molar-refractivity contribution >= 4 is 35.4 Å². The lowest BCUT2D eigenvalue weighted by atomic mass is 10.0. The van der Waals surface area contributed by atoms with Crippen LogP contribution in [0.2, 0.25) is 0 Å². The molecule has 2 unspecified atom stereocenters. The summed E-state index contributed by atoms with van der Waals surface area (Å²) in [7, 11) is 0. The molecule has 0 aromatic heterocycles. The third-order valence-corrected chi connectivity index (χ3v) is 6.06. The number of anilines is 1. The number of hydrogen-bond acceptors (Lipinski definition) is 6. The fourth-order valence-corrected chi connectivity index (χ4v) is 4.13. The van der Waals surface area contributed by atoms with Crippen LogP contribution in [0.4, 0.5) is 10.5 Å². The predicted molar refractivity (Wildman–Crippen MR) is 147 cm³/mol. The van der Waals surface area contributed by atoms with Crippen LogP contribution in [0.1, 0.15) is 49.9 Å². The molecule has 0 radical (unpaired) electrons. The number of phenolic OH excluding ortho intramolecular Hbond substituents is 1. The third-order valence-electron chi connectivity index (χ3n) is 5.42. The maximum atomic E-state index is 13.7. The first-order chi connectivity index (χ1) is 17.4. The van der Waals surface area contributed by atoms with Crippen molar-refractivity contribution in [2.75, 3.05) is 17.3 Å². The molecule has 3 N–H and O–H groups in total. The second-order valence-corrected chi connectivity index (χ2v) is 10.6. The van der Waals surface area contributed by atoms with E-state index in [-0.39, 0.29) is 12.2 Å². The van der Waals surface area contributed by atoms with E-state index in [9.17, 15) is 19.5 Å². The minimum atomic E-state index is -1.23. The molecule has 0 heterocycles. The first kappa shape index (κ1) is 29.6. The Hall–Kier alpha value is -3.64. The molecule has 2 aromatic rings. The summed E-state index contributed by atoms with van der Waals surface area (Å²) in [6, 6.07) is 11.6. The van der Waals surface area contributed by atoms with E-state index in [4.69, 9.17) is 11.2 Å². The van der Waals surface area contributed by atoms with Gasteiger partial charge in [0.15, 0.2) is 0 Å². The molecule has 0 spiro atoms. The highest BCUT2D eigenvalue weighted by Gasteiger charge is 2.36. The van der Waals surface area contributed by atoms with Gasteiger partial charge < -0.3 is 20.5 Å². The van der Waals surface area contributed by atoms with E-state index in [0.29, 0.717) is 17.0 Å². The Bertz CT molecular complexity index is 1130. The van der Waals surface area contributed by atoms with Gasteiger partial charge in [0.05, 0.1) is 0 Å². The maximum absolute atomic E-state index is 13.7. The fraction of sp³-hybridized carbons (Fsp3) is 0.393. The topological polar surface area (TPSA) is 108 Å². The normalized spacial score (nSPS) is 12.6. The van der Waals surface area contributed by atoms with E-state index < -0.39 is 35.6 Å². The van der Waals surface area contributed by atoms with E-state index >= 15 is 0 Å². The van der Waals surface area contributed by atoms with Crippen molar-refractivity contribution in [3.8, 4) is 18.2 Å². The number of aromatic hydroxyl groups is 1. The second kappa shape index (κ2) is 13.1. The number of benzene rings is 2. The molecule has 0 bridgehead atoms. The van der Waals surface area contributed by atoms with Crippen LogP contribution >= 0.6 is 11.8 Å². The number of rotatable bonds is 9. The number of para-hydroxylation sites is 1. The van der Waals surface area contributed by atoms with E-state index in [2.05, 4.69) is 16.7 Å². The van der Waals surface area contributed by atoms with Crippen LogP contribution in [0.15, 0.2) is 42.5 Å². The van der Waals surface area contributed by atoms with Crippen molar-refractivity contribution in [3.05, 3.63) is 59.2 Å². The molecule has 2 aromatic carbocycles. The van der Waals surface area contributed by atoms with Crippen LogP contribution in [0.5, 0.6) is 5.75 Å². The lowest BCUT2D eigenvalue weighted by Gasteiger charge is -2.30. The molecule has 2 rings (SSSR count). The number of nitrogens with zero attached hydrogens (tertiary/aromatic N) is 1. The summed E-state index contributed by atoms with van der Waals surface area (Å²) in [5, 5.41) is 15.3. The smallest absolute Gasteiger partial charge is 0.408 e. The van der Waals surface area contributed by atoms with Crippen molar-refractivity contribution in [2.24, 2.45) is 0 Å². The van der Waals surface area contributed by atoms with Crippen molar-refractivity contribution in [1.29, 1.82) is 0 Å². The Labute approximate surface area is 223 Å². The highest BCUT2D eigenvalue weighted by atomic mass is 32.2. The summed E-state index contributed by atoms with van der Waals surface area (Å²) in [5.41, 5.74) is 1.95. The Morgan fingerprint density at radius 1 is 1.11 bits per heavy atom. The molecule has 198 valence electrons. The van der Waals surface area contributed by atoms with Gasteiger partial charge in [0.2, 0.25) is 0 Å². The summed E-state index contributed by atoms with van der Waals surface area (Å²) in [5.74, 6) is -0.601. The Morgan fingerprint density at radius 2 is 1.70 bits per heavy atom. The number of phenols is 1. The number of nitrogens with one attached hydrogen (secondary N) is 2. The highest BCUT2D eigenvalue weighted by molar-refractivity contribution is 7.98. The summed E-state index contributed by atoms with van der Waals surface area (Å²) >= 11 is 1.50. The summed E-state index contributed by atoms with van der Waals surface area (Å²) in [4.78, 5) is 40.9. The number of carbonyl (C=O) groups excluding carboxylic acids is 3. The summed E-state index contributed by atoms with van der Waals surface area (Å²) < 4.78 is 5.34. The molecule has 9 heteroatoms. The van der Waals surface area contributed by atoms with E-state index in [1.54, 1.807) is 20.8 Å². The standard InChI is InChI=1S/C28H35N3O5S/c1-8-31(26(34)22(16-17-37-7)29-27(35)36-28(4,5)6)24(20-12-14-21(32)15-13-20)25(33)30-23-18(2)10-9-11-19(23)3/h1,9-15,22,24,32H,16-17H2,2-7H3,(H,29,35)(H,30,33). The number of amides is 3. The molecular formula is C28H35N3O5S. The first-order valence-electron chi connectivity index (χ1n) is 11.8. The van der Waals surface area contributed by atoms with Crippen LogP contribution in [0, 0.1) is 26.3 Å². The molecule has 8 nitrogen and oxygen atoms in total. The van der Waals surface area contributed by atoms with Crippen LogP contribution in [-0.4, -0.2) is 51.6 Å². The van der Waals surface area contributed by atoms with Gasteiger partial charge in [0, 0.05) is 11.7 Å². The average Bonchev–Trinajstić information content (AvgIpc) is 2.81. The highest BCUT2D eigenvalue weighted by Crippen LogP contribution is 2.28. The lowest BCUT2D eigenvalue weighted by molar-refractivity contribution is -0.136. The van der Waals surface area contributed by atoms with Gasteiger partial charge in [-0.2, -0.15) is 11.8 Å². The van der Waals surface area contributed by atoms with Crippen LogP contribution in [0.3, 0.4) is 0 Å². The zero-order chi connectivity index (χ0) is 27.8. The largest absolute Gasteiger partial charge is 0.508 e. The quantitative estimate of drug-likeness (QED) is 0.322. The van der Waals surface area contributed by atoms with E-state index in [0.717, 1.165) is 16.0 Å². The number of aryl methyl sites for hydroxylation is 2. The number of alkyl carbamates (subject to hydrolysis) is 1. The average molecular weight is 526 g/mol. The molecule has 2 atom stereocenters. The van der Waals surface area contributed by atoms with Gasteiger partial charge in [-0.25, -0.2) is 4.79 Å². The Kier molecular flexibility index (Phi) is 10.4. The van der Waals surface area contributed by atoms with Gasteiger partial charge in [-0.15, -0.1) is 0 Å². The predicted octanol–water partition coefficient (Wildman–Crippen LogP) is 4.75. The van der Waals surface area contributed by atoms with Gasteiger partial charge >= 0.3 is 6.09 Å². The molecule has 0 saturated carbocycles. The molecule has 37 heavy (non-hydrogen) atoms. The van der Waals surface area contributed by atoms with Crippen molar-refractivity contribution in [2.45, 2.75) is 58.7 Å². The maximum Gasteiger partial charge on any atom is 0.408 e. The van der Waals surface area contributed by atoms with Gasteiger partial charge in [-0.3, -0.25) is 14.5 Å². The van der Waals surface area contributed by atoms with Gasteiger partial charge in [-0.05, 0) is 81.9 Å².